The van der Waals surface area contributed by atoms with Crippen LogP contribution < -0.4 is 5.73 Å². The number of nitrogen functional groups attached to an aromatic ring is 1. The zero-order chi connectivity index (χ0) is 11.7. The predicted molar refractivity (Wildman–Crippen MR) is 63.5 cm³/mol. The van der Waals surface area contributed by atoms with Gasteiger partial charge in [0.15, 0.2) is 0 Å². The van der Waals surface area contributed by atoms with E-state index in [4.69, 9.17) is 28.9 Å². The summed E-state index contributed by atoms with van der Waals surface area (Å²) in [6.07, 6.45) is 0.608. The molecule has 0 aliphatic rings. The predicted octanol–water partition coefficient (Wildman–Crippen LogP) is 2.38. The second kappa shape index (κ2) is 4.33. The number of aliphatic hydroxyl groups excluding tert-OH is 1. The summed E-state index contributed by atoms with van der Waals surface area (Å²) in [6, 6.07) is 4.91. The molecule has 0 aliphatic heterocycles. The van der Waals surface area contributed by atoms with Crippen LogP contribution in [-0.2, 0) is 0 Å². The highest BCUT2D eigenvalue weighted by atomic mass is 35.5. The minimum absolute atomic E-state index is 0.332. The number of nitrogens with two attached hydrogens (primary N) is 1. The molecule has 4 N–H and O–H groups in total. The number of rotatable bonds is 2. The van der Waals surface area contributed by atoms with Crippen LogP contribution in [0.25, 0.3) is 0 Å². The second-order valence-electron chi connectivity index (χ2n) is 3.32. The quantitative estimate of drug-likeness (QED) is 0.774. The molecule has 16 heavy (non-hydrogen) atoms. The SMILES string of the molecule is Nc1[nH]ncc1C(O)c1ccc(Cl)c(Cl)c1. The number of H-pyrrole nitrogens is 1. The standard InChI is InChI=1S/C10H9Cl2N3O/c11-7-2-1-5(3-8(7)12)9(16)6-4-14-15-10(6)13/h1-4,9,16H,(H3,13,14,15). The van der Waals surface area contributed by atoms with Gasteiger partial charge in [-0.3, -0.25) is 5.10 Å². The van der Waals surface area contributed by atoms with Gasteiger partial charge >= 0.3 is 0 Å². The number of anilines is 1. The molecule has 1 aromatic heterocycles. The van der Waals surface area contributed by atoms with Gasteiger partial charge in [0.1, 0.15) is 11.9 Å². The normalized spacial score (nSPS) is 12.7. The maximum Gasteiger partial charge on any atom is 0.125 e. The average Bonchev–Trinajstić information content (AvgIpc) is 2.67. The third-order valence-corrected chi connectivity index (χ3v) is 2.99. The molecule has 0 bridgehead atoms. The van der Waals surface area contributed by atoms with E-state index in [0.29, 0.717) is 27.0 Å². The summed E-state index contributed by atoms with van der Waals surface area (Å²) in [5, 5.41) is 17.2. The largest absolute Gasteiger partial charge is 0.384 e. The van der Waals surface area contributed by atoms with Gasteiger partial charge in [0.05, 0.1) is 16.2 Å². The molecule has 0 fully saturated rings. The van der Waals surface area contributed by atoms with Crippen molar-refractivity contribution in [1.82, 2.24) is 10.2 Å². The number of hydrogen-bond donors (Lipinski definition) is 3. The van der Waals surface area contributed by atoms with E-state index in [1.807, 2.05) is 0 Å². The highest BCUT2D eigenvalue weighted by Crippen LogP contribution is 2.30. The van der Waals surface area contributed by atoms with Gasteiger partial charge in [-0.15, -0.1) is 0 Å². The number of benzene rings is 1. The Hall–Kier alpha value is -1.23. The number of halogens is 2. The lowest BCUT2D eigenvalue weighted by Crippen LogP contribution is -2.01. The fourth-order valence-corrected chi connectivity index (χ4v) is 1.69. The molecule has 0 saturated heterocycles. The molecule has 6 heteroatoms. The minimum atomic E-state index is -0.867. The zero-order valence-electron chi connectivity index (χ0n) is 8.11. The fraction of sp³-hybridized carbons (Fsp3) is 0.100. The van der Waals surface area contributed by atoms with Crippen LogP contribution in [0.5, 0.6) is 0 Å². The maximum absolute atomic E-state index is 10.0. The molecule has 1 heterocycles. The lowest BCUT2D eigenvalue weighted by molar-refractivity contribution is 0.221. The van der Waals surface area contributed by atoms with Crippen molar-refractivity contribution in [2.24, 2.45) is 0 Å². The molecule has 1 atom stereocenters. The first-order chi connectivity index (χ1) is 7.59. The maximum atomic E-state index is 10.0. The fourth-order valence-electron chi connectivity index (χ4n) is 1.39. The smallest absolute Gasteiger partial charge is 0.125 e. The van der Waals surface area contributed by atoms with E-state index >= 15 is 0 Å². The highest BCUT2D eigenvalue weighted by Gasteiger charge is 2.15. The lowest BCUT2D eigenvalue weighted by Gasteiger charge is -2.10. The third-order valence-electron chi connectivity index (χ3n) is 2.25. The monoisotopic (exact) mass is 257 g/mol. The number of nitrogens with zero attached hydrogens (tertiary/aromatic N) is 1. The minimum Gasteiger partial charge on any atom is -0.384 e. The van der Waals surface area contributed by atoms with Crippen molar-refractivity contribution in [3.05, 3.63) is 45.6 Å². The summed E-state index contributed by atoms with van der Waals surface area (Å²) < 4.78 is 0. The van der Waals surface area contributed by atoms with Crippen molar-refractivity contribution >= 4 is 29.0 Å². The topological polar surface area (TPSA) is 74.9 Å². The molecule has 0 spiro atoms. The van der Waals surface area contributed by atoms with E-state index in [9.17, 15) is 5.11 Å². The first-order valence-corrected chi connectivity index (χ1v) is 5.27. The molecule has 4 nitrogen and oxygen atoms in total. The Labute approximate surface area is 102 Å². The molecule has 0 amide bonds. The van der Waals surface area contributed by atoms with Crippen LogP contribution in [-0.4, -0.2) is 15.3 Å². The van der Waals surface area contributed by atoms with Gasteiger partial charge in [-0.25, -0.2) is 0 Å². The molecule has 2 aromatic rings. The van der Waals surface area contributed by atoms with E-state index in [0.717, 1.165) is 0 Å². The average molecular weight is 258 g/mol. The van der Waals surface area contributed by atoms with Crippen molar-refractivity contribution in [3.8, 4) is 0 Å². The summed E-state index contributed by atoms with van der Waals surface area (Å²) in [7, 11) is 0. The molecule has 84 valence electrons. The molecular formula is C10H9Cl2N3O. The molecule has 0 radical (unpaired) electrons. The van der Waals surface area contributed by atoms with E-state index in [1.165, 1.54) is 6.20 Å². The molecule has 1 unspecified atom stereocenters. The van der Waals surface area contributed by atoms with Gasteiger partial charge in [0, 0.05) is 5.56 Å². The van der Waals surface area contributed by atoms with Gasteiger partial charge in [-0.05, 0) is 17.7 Å². The Bertz CT molecular complexity index is 513. The van der Waals surface area contributed by atoms with Crippen LogP contribution in [0.15, 0.2) is 24.4 Å². The van der Waals surface area contributed by atoms with Crippen molar-refractivity contribution in [1.29, 1.82) is 0 Å². The van der Waals surface area contributed by atoms with Gasteiger partial charge in [0.25, 0.3) is 0 Å². The lowest BCUT2D eigenvalue weighted by atomic mass is 10.0. The molecule has 2 rings (SSSR count). The first kappa shape index (κ1) is 11.3. The van der Waals surface area contributed by atoms with Crippen LogP contribution in [0, 0.1) is 0 Å². The van der Waals surface area contributed by atoms with Gasteiger partial charge in [0.2, 0.25) is 0 Å². The molecule has 0 aliphatic carbocycles. The van der Waals surface area contributed by atoms with E-state index in [-0.39, 0.29) is 0 Å². The second-order valence-corrected chi connectivity index (χ2v) is 4.13. The first-order valence-electron chi connectivity index (χ1n) is 4.51. The van der Waals surface area contributed by atoms with Crippen LogP contribution in [0.1, 0.15) is 17.2 Å². The summed E-state index contributed by atoms with van der Waals surface area (Å²) in [5.41, 5.74) is 6.74. The summed E-state index contributed by atoms with van der Waals surface area (Å²) in [5.74, 6) is 0.332. The number of hydrogen-bond acceptors (Lipinski definition) is 3. The number of aromatic nitrogens is 2. The highest BCUT2D eigenvalue weighted by molar-refractivity contribution is 6.42. The molecule has 0 saturated carbocycles. The Kier molecular flexibility index (Phi) is 3.05. The van der Waals surface area contributed by atoms with Crippen molar-refractivity contribution in [2.45, 2.75) is 6.10 Å². The Balaban J connectivity index is 2.38. The van der Waals surface area contributed by atoms with Gasteiger partial charge in [-0.1, -0.05) is 29.3 Å². The Morgan fingerprint density at radius 1 is 1.31 bits per heavy atom. The van der Waals surface area contributed by atoms with Crippen molar-refractivity contribution in [2.75, 3.05) is 5.73 Å². The summed E-state index contributed by atoms with van der Waals surface area (Å²) in [4.78, 5) is 0. The van der Waals surface area contributed by atoms with Crippen molar-refractivity contribution in [3.63, 3.8) is 0 Å². The number of aliphatic hydroxyl groups is 1. The van der Waals surface area contributed by atoms with Gasteiger partial charge in [-0.2, -0.15) is 5.10 Å². The summed E-state index contributed by atoms with van der Waals surface area (Å²) in [6.45, 7) is 0. The van der Waals surface area contributed by atoms with E-state index < -0.39 is 6.10 Å². The van der Waals surface area contributed by atoms with Crippen LogP contribution in [0.4, 0.5) is 5.82 Å². The summed E-state index contributed by atoms with van der Waals surface area (Å²) >= 11 is 11.6. The number of nitrogens with one attached hydrogen (secondary N) is 1. The van der Waals surface area contributed by atoms with Gasteiger partial charge < -0.3 is 10.8 Å². The molecule has 1 aromatic carbocycles. The van der Waals surface area contributed by atoms with Crippen LogP contribution in [0.3, 0.4) is 0 Å². The van der Waals surface area contributed by atoms with E-state index in [2.05, 4.69) is 10.2 Å². The molecular weight excluding hydrogens is 249 g/mol. The van der Waals surface area contributed by atoms with Crippen molar-refractivity contribution < 1.29 is 5.11 Å². The zero-order valence-corrected chi connectivity index (χ0v) is 9.63. The van der Waals surface area contributed by atoms with E-state index in [1.54, 1.807) is 18.2 Å². The number of aromatic amines is 1. The Morgan fingerprint density at radius 2 is 2.06 bits per heavy atom. The van der Waals surface area contributed by atoms with Crippen LogP contribution >= 0.6 is 23.2 Å². The third kappa shape index (κ3) is 2.00. The Morgan fingerprint density at radius 3 is 2.62 bits per heavy atom. The van der Waals surface area contributed by atoms with Crippen LogP contribution in [0.2, 0.25) is 10.0 Å².